The highest BCUT2D eigenvalue weighted by Crippen LogP contribution is 2.42. The van der Waals surface area contributed by atoms with Gasteiger partial charge in [-0.2, -0.15) is 19.4 Å². The van der Waals surface area contributed by atoms with Crippen molar-refractivity contribution >= 4 is 38.8 Å². The van der Waals surface area contributed by atoms with Crippen LogP contribution in [-0.4, -0.2) is 69.8 Å². The highest BCUT2D eigenvalue weighted by molar-refractivity contribution is 8.27. The van der Waals surface area contributed by atoms with E-state index < -0.39 is 33.4 Å². The van der Waals surface area contributed by atoms with Gasteiger partial charge in [-0.25, -0.2) is 17.9 Å². The first-order valence-corrected chi connectivity index (χ1v) is 13.6. The largest absolute Gasteiger partial charge is 0.501 e. The summed E-state index contributed by atoms with van der Waals surface area (Å²) in [6.45, 7) is 4.23. The number of amides is 3. The molecule has 10 nitrogen and oxygen atoms in total. The zero-order chi connectivity index (χ0) is 23.4. The number of rotatable bonds is 7. The van der Waals surface area contributed by atoms with Crippen LogP contribution in [0.1, 0.15) is 38.2 Å². The summed E-state index contributed by atoms with van der Waals surface area (Å²) in [5.74, 6) is -0.873. The number of hydrogen-bond acceptors (Lipinski definition) is 7. The van der Waals surface area contributed by atoms with E-state index in [2.05, 4.69) is 15.1 Å². The van der Waals surface area contributed by atoms with Gasteiger partial charge in [-0.15, -0.1) is 0 Å². The molecule has 0 bridgehead atoms. The fourth-order valence-electron chi connectivity index (χ4n) is 4.49. The smallest absolute Gasteiger partial charge is 0.317 e. The standard InChI is InChI=1S/C21H29N6O4S2/c1-21(5-6-21)24-33(30,31)17-9-16-18(28)26(13-15-10-23-25(2)11-15)20(29)27(19(16)32-17)12-14-3-7-22-8-4-14/h9-11,14,16,22,24H,3-8,12-13H2,1-2H3/q+1. The maximum absolute atomic E-state index is 13.5. The molecule has 1 atom stereocenters. The number of hydrogen-bond donors (Lipinski definition) is 2. The first kappa shape index (κ1) is 22.8. The molecule has 1 aliphatic carbocycles. The predicted molar refractivity (Wildman–Crippen MR) is 124 cm³/mol. The van der Waals surface area contributed by atoms with Gasteiger partial charge in [-0.1, -0.05) is 0 Å². The normalized spacial score (nSPS) is 25.5. The zero-order valence-electron chi connectivity index (χ0n) is 18.8. The maximum Gasteiger partial charge on any atom is 0.501 e. The van der Waals surface area contributed by atoms with E-state index in [1.165, 1.54) is 11.0 Å². The van der Waals surface area contributed by atoms with Gasteiger partial charge < -0.3 is 5.32 Å². The molecule has 1 unspecified atom stereocenters. The lowest BCUT2D eigenvalue weighted by molar-refractivity contribution is -0.447. The summed E-state index contributed by atoms with van der Waals surface area (Å²) in [4.78, 5) is 28.1. The van der Waals surface area contributed by atoms with Crippen molar-refractivity contribution < 1.29 is 22.6 Å². The quantitative estimate of drug-likeness (QED) is 0.544. The monoisotopic (exact) mass is 493 g/mol. The third-order valence-corrected chi connectivity index (χ3v) is 10.0. The number of fused-ring (bicyclic) bond motifs is 1. The number of imide groups is 1. The number of piperidine rings is 1. The molecule has 4 heterocycles. The number of carbonyl (C=O) groups is 2. The van der Waals surface area contributed by atoms with Gasteiger partial charge in [0.1, 0.15) is 16.7 Å². The molecule has 4 aliphatic rings. The summed E-state index contributed by atoms with van der Waals surface area (Å²) in [6.07, 6.45) is 8.36. The summed E-state index contributed by atoms with van der Waals surface area (Å²) in [7, 11) is -1.99. The van der Waals surface area contributed by atoms with E-state index in [9.17, 15) is 18.0 Å². The Balaban J connectivity index is 1.48. The van der Waals surface area contributed by atoms with Crippen LogP contribution >= 0.6 is 11.8 Å². The SMILES string of the molecule is Cn1cc(CN2C(=O)C3C=C(S(=O)(=O)NC4(C)CC4)SC3=[N+](CC3CCNCC3)C2=O)cn1. The zero-order valence-corrected chi connectivity index (χ0v) is 20.4. The van der Waals surface area contributed by atoms with Crippen LogP contribution in [0.3, 0.4) is 0 Å². The van der Waals surface area contributed by atoms with Crippen molar-refractivity contribution in [3.05, 3.63) is 28.3 Å². The fourth-order valence-corrected chi connectivity index (χ4v) is 7.55. The molecule has 2 fully saturated rings. The first-order chi connectivity index (χ1) is 15.7. The topological polar surface area (TPSA) is 116 Å². The van der Waals surface area contributed by atoms with Crippen LogP contribution in [0.2, 0.25) is 0 Å². The minimum atomic E-state index is -3.76. The third-order valence-electron chi connectivity index (χ3n) is 6.68. The average molecular weight is 494 g/mol. The first-order valence-electron chi connectivity index (χ1n) is 11.3. The molecule has 0 radical (unpaired) electrons. The van der Waals surface area contributed by atoms with Crippen molar-refractivity contribution in [2.45, 2.75) is 44.7 Å². The number of urea groups is 1. The third kappa shape index (κ3) is 4.53. The van der Waals surface area contributed by atoms with Crippen molar-refractivity contribution in [2.75, 3.05) is 19.6 Å². The number of nitrogens with zero attached hydrogens (tertiary/aromatic N) is 4. The van der Waals surface area contributed by atoms with Crippen LogP contribution < -0.4 is 10.0 Å². The molecular weight excluding hydrogens is 464 g/mol. The van der Waals surface area contributed by atoms with Gasteiger partial charge in [-0.3, -0.25) is 4.68 Å². The van der Waals surface area contributed by atoms with Crippen molar-refractivity contribution in [2.24, 2.45) is 18.9 Å². The number of thioether (sulfide) groups is 1. The van der Waals surface area contributed by atoms with Crippen LogP contribution in [0.4, 0.5) is 4.79 Å². The van der Waals surface area contributed by atoms with Crippen LogP contribution in [0.15, 0.2) is 22.7 Å². The van der Waals surface area contributed by atoms with E-state index in [1.807, 2.05) is 6.92 Å². The van der Waals surface area contributed by atoms with Crippen molar-refractivity contribution in [1.29, 1.82) is 0 Å². The van der Waals surface area contributed by atoms with E-state index >= 15 is 0 Å². The Bertz CT molecular complexity index is 1160. The van der Waals surface area contributed by atoms with E-state index in [4.69, 9.17) is 0 Å². The highest BCUT2D eigenvalue weighted by Gasteiger charge is 2.53. The summed E-state index contributed by atoms with van der Waals surface area (Å²) >= 11 is 1.04. The van der Waals surface area contributed by atoms with E-state index in [0.29, 0.717) is 17.5 Å². The van der Waals surface area contributed by atoms with Crippen LogP contribution in [0.25, 0.3) is 0 Å². The van der Waals surface area contributed by atoms with Crippen molar-refractivity contribution in [1.82, 2.24) is 24.7 Å². The lowest BCUT2D eigenvalue weighted by Crippen LogP contribution is -2.53. The number of carbonyl (C=O) groups excluding carboxylic acids is 2. The molecule has 178 valence electrons. The number of aromatic nitrogens is 2. The maximum atomic E-state index is 13.5. The van der Waals surface area contributed by atoms with Gasteiger partial charge in [0.25, 0.3) is 0 Å². The second-order valence-corrected chi connectivity index (χ2v) is 12.6. The second kappa shape index (κ2) is 8.33. The number of sulfonamides is 1. The molecule has 1 aromatic rings. The molecule has 5 rings (SSSR count). The Morgan fingerprint density at radius 3 is 2.67 bits per heavy atom. The predicted octanol–water partition coefficient (Wildman–Crippen LogP) is 0.969. The lowest BCUT2D eigenvalue weighted by atomic mass is 9.97. The van der Waals surface area contributed by atoms with E-state index in [-0.39, 0.29) is 10.8 Å². The summed E-state index contributed by atoms with van der Waals surface area (Å²) < 4.78 is 32.2. The minimum absolute atomic E-state index is 0.106. The van der Waals surface area contributed by atoms with Gasteiger partial charge >= 0.3 is 11.9 Å². The molecular formula is C21H29N6O4S2+. The lowest BCUT2D eigenvalue weighted by Gasteiger charge is -2.27. The minimum Gasteiger partial charge on any atom is -0.317 e. The van der Waals surface area contributed by atoms with E-state index in [1.54, 1.807) is 28.7 Å². The Labute approximate surface area is 197 Å². The second-order valence-electron chi connectivity index (χ2n) is 9.60. The van der Waals surface area contributed by atoms with Gasteiger partial charge in [-0.05, 0) is 69.5 Å². The summed E-state index contributed by atoms with van der Waals surface area (Å²) in [5, 5.41) is 7.97. The van der Waals surface area contributed by atoms with Gasteiger partial charge in [0, 0.05) is 24.3 Å². The molecule has 3 amide bonds. The van der Waals surface area contributed by atoms with Gasteiger partial charge in [0.15, 0.2) is 5.04 Å². The molecule has 2 N–H and O–H groups in total. The van der Waals surface area contributed by atoms with E-state index in [0.717, 1.165) is 56.1 Å². The highest BCUT2D eigenvalue weighted by atomic mass is 32.3. The van der Waals surface area contributed by atoms with Crippen LogP contribution in [0, 0.1) is 11.8 Å². The van der Waals surface area contributed by atoms with Crippen molar-refractivity contribution in [3.8, 4) is 0 Å². The molecule has 1 aromatic heterocycles. The van der Waals surface area contributed by atoms with Crippen LogP contribution in [-0.2, 0) is 28.4 Å². The molecule has 0 spiro atoms. The van der Waals surface area contributed by atoms with Gasteiger partial charge in [0.2, 0.25) is 10.0 Å². The van der Waals surface area contributed by atoms with Crippen LogP contribution in [0.5, 0.6) is 0 Å². The Hall–Kier alpha value is -2.02. The van der Waals surface area contributed by atoms with Gasteiger partial charge in [0.05, 0.1) is 12.7 Å². The fraction of sp³-hybridized carbons (Fsp3) is 0.619. The molecule has 12 heteroatoms. The Morgan fingerprint density at radius 1 is 1.30 bits per heavy atom. The Morgan fingerprint density at radius 2 is 2.03 bits per heavy atom. The molecule has 33 heavy (non-hydrogen) atoms. The summed E-state index contributed by atoms with van der Waals surface area (Å²) in [5.41, 5.74) is 0.329. The molecule has 1 saturated carbocycles. The summed E-state index contributed by atoms with van der Waals surface area (Å²) in [6, 6.07) is -0.393. The molecule has 0 aromatic carbocycles. The molecule has 3 aliphatic heterocycles. The van der Waals surface area contributed by atoms with Crippen molar-refractivity contribution in [3.63, 3.8) is 0 Å². The number of nitrogens with one attached hydrogen (secondary N) is 2. The molecule has 1 saturated heterocycles. The number of aryl methyl sites for hydroxylation is 1. The average Bonchev–Trinajstić information content (AvgIpc) is 3.15. The Kier molecular flexibility index (Phi) is 5.74.